The van der Waals surface area contributed by atoms with Crippen molar-refractivity contribution in [2.24, 2.45) is 5.92 Å². The van der Waals surface area contributed by atoms with Crippen molar-refractivity contribution in [3.63, 3.8) is 0 Å². The van der Waals surface area contributed by atoms with Gasteiger partial charge < -0.3 is 10.2 Å². The summed E-state index contributed by atoms with van der Waals surface area (Å²) in [5.74, 6) is -2.67. The molecular weight excluding hydrogens is 504 g/mol. The number of amides is 3. The van der Waals surface area contributed by atoms with Gasteiger partial charge in [-0.1, -0.05) is 12.1 Å². The Bertz CT molecular complexity index is 1330. The predicted octanol–water partition coefficient (Wildman–Crippen LogP) is 3.91. The van der Waals surface area contributed by atoms with E-state index in [1.165, 1.54) is 29.2 Å². The highest BCUT2D eigenvalue weighted by Crippen LogP contribution is 2.48. The Hall–Kier alpha value is -3.94. The van der Waals surface area contributed by atoms with Crippen molar-refractivity contribution in [3.8, 4) is 6.07 Å². The highest BCUT2D eigenvalue weighted by Gasteiger charge is 2.61. The van der Waals surface area contributed by atoms with E-state index in [2.05, 4.69) is 5.32 Å². The number of halogens is 4. The van der Waals surface area contributed by atoms with Crippen LogP contribution in [0.4, 0.5) is 23.2 Å². The van der Waals surface area contributed by atoms with Gasteiger partial charge in [-0.2, -0.15) is 18.4 Å². The minimum absolute atomic E-state index is 0.0190. The number of rotatable bonds is 5. The zero-order valence-corrected chi connectivity index (χ0v) is 20.2. The van der Waals surface area contributed by atoms with Crippen LogP contribution in [0, 0.1) is 23.1 Å². The molecule has 2 aliphatic carbocycles. The number of nitriles is 1. The Morgan fingerprint density at radius 2 is 1.79 bits per heavy atom. The molecule has 3 fully saturated rings. The van der Waals surface area contributed by atoms with Gasteiger partial charge in [0.05, 0.1) is 22.9 Å². The molecule has 0 unspecified atom stereocenters. The molecule has 2 aromatic carbocycles. The molecule has 3 aliphatic rings. The Kier molecular flexibility index (Phi) is 6.37. The zero-order valence-electron chi connectivity index (χ0n) is 20.2. The molecule has 1 aliphatic heterocycles. The summed E-state index contributed by atoms with van der Waals surface area (Å²) in [4.78, 5) is 42.3. The number of anilines is 1. The van der Waals surface area contributed by atoms with E-state index in [0.717, 1.165) is 42.4 Å². The SMILES string of the molecule is N#Cc1ccc(N2CC(=O)N(Cc3ccc(C(F)(F)F)cc3)[C@]3(C[C@H](C(=O)NC4CCC4)C3)C2=O)c(F)c1. The average Bonchev–Trinajstić information content (AvgIpc) is 2.82. The van der Waals surface area contributed by atoms with E-state index in [9.17, 15) is 31.9 Å². The van der Waals surface area contributed by atoms with Crippen molar-refractivity contribution < 1.29 is 31.9 Å². The van der Waals surface area contributed by atoms with Crippen LogP contribution in [0.15, 0.2) is 42.5 Å². The maximum Gasteiger partial charge on any atom is 0.416 e. The van der Waals surface area contributed by atoms with E-state index < -0.39 is 47.4 Å². The van der Waals surface area contributed by atoms with Crippen molar-refractivity contribution in [2.75, 3.05) is 11.4 Å². The molecule has 198 valence electrons. The Labute approximate surface area is 216 Å². The fourth-order valence-corrected chi connectivity index (χ4v) is 5.32. The van der Waals surface area contributed by atoms with Crippen molar-refractivity contribution in [1.82, 2.24) is 10.2 Å². The van der Waals surface area contributed by atoms with Gasteiger partial charge in [-0.05, 0) is 68.0 Å². The molecule has 0 bridgehead atoms. The molecule has 1 N–H and O–H groups in total. The van der Waals surface area contributed by atoms with Gasteiger partial charge >= 0.3 is 6.18 Å². The molecule has 0 atom stereocenters. The maximum absolute atomic E-state index is 14.8. The first kappa shape index (κ1) is 25.7. The number of alkyl halides is 3. The fraction of sp³-hybridized carbons (Fsp3) is 0.407. The number of nitrogens with zero attached hydrogens (tertiary/aromatic N) is 3. The summed E-state index contributed by atoms with van der Waals surface area (Å²) in [6.45, 7) is -0.619. The second-order valence-corrected chi connectivity index (χ2v) is 10.1. The molecule has 5 rings (SSSR count). The summed E-state index contributed by atoms with van der Waals surface area (Å²) in [7, 11) is 0. The third-order valence-electron chi connectivity index (χ3n) is 7.73. The Morgan fingerprint density at radius 1 is 1.11 bits per heavy atom. The van der Waals surface area contributed by atoms with Gasteiger partial charge in [-0.25, -0.2) is 4.39 Å². The number of carbonyl (C=O) groups excluding carboxylic acids is 3. The van der Waals surface area contributed by atoms with E-state index in [1.54, 1.807) is 0 Å². The molecular formula is C27H24F4N4O3. The van der Waals surface area contributed by atoms with E-state index in [0.29, 0.717) is 5.56 Å². The van der Waals surface area contributed by atoms with Crippen LogP contribution in [-0.2, 0) is 27.1 Å². The molecule has 11 heteroatoms. The summed E-state index contributed by atoms with van der Waals surface area (Å²) in [5.41, 5.74) is -2.00. The first-order valence-corrected chi connectivity index (χ1v) is 12.3. The lowest BCUT2D eigenvalue weighted by Gasteiger charge is -2.56. The monoisotopic (exact) mass is 528 g/mol. The third kappa shape index (κ3) is 4.48. The first-order valence-electron chi connectivity index (χ1n) is 12.3. The lowest BCUT2D eigenvalue weighted by Crippen LogP contribution is -2.74. The lowest BCUT2D eigenvalue weighted by atomic mass is 9.64. The van der Waals surface area contributed by atoms with Crippen molar-refractivity contribution in [3.05, 3.63) is 65.0 Å². The highest BCUT2D eigenvalue weighted by atomic mass is 19.4. The molecule has 1 saturated heterocycles. The van der Waals surface area contributed by atoms with Gasteiger partial charge in [0.2, 0.25) is 11.8 Å². The summed E-state index contributed by atoms with van der Waals surface area (Å²) >= 11 is 0. The molecule has 3 amide bonds. The van der Waals surface area contributed by atoms with Crippen LogP contribution < -0.4 is 10.2 Å². The van der Waals surface area contributed by atoms with E-state index in [1.807, 2.05) is 6.07 Å². The number of nitrogens with one attached hydrogen (secondary N) is 1. The van der Waals surface area contributed by atoms with E-state index in [-0.39, 0.29) is 42.6 Å². The average molecular weight is 529 g/mol. The number of benzene rings is 2. The van der Waals surface area contributed by atoms with Gasteiger partial charge in [0.15, 0.2) is 0 Å². The summed E-state index contributed by atoms with van der Waals surface area (Å²) in [5, 5.41) is 12.0. The van der Waals surface area contributed by atoms with Crippen molar-refractivity contribution >= 4 is 23.4 Å². The molecule has 38 heavy (non-hydrogen) atoms. The van der Waals surface area contributed by atoms with Gasteiger partial charge in [-0.3, -0.25) is 19.3 Å². The minimum atomic E-state index is -4.52. The van der Waals surface area contributed by atoms with E-state index >= 15 is 0 Å². The predicted molar refractivity (Wildman–Crippen MR) is 127 cm³/mol. The van der Waals surface area contributed by atoms with Crippen LogP contribution in [0.1, 0.15) is 48.8 Å². The number of hydrogen-bond acceptors (Lipinski definition) is 4. The van der Waals surface area contributed by atoms with Gasteiger partial charge in [0, 0.05) is 18.5 Å². The molecule has 1 heterocycles. The van der Waals surface area contributed by atoms with Crippen LogP contribution in [0.5, 0.6) is 0 Å². The summed E-state index contributed by atoms with van der Waals surface area (Å²) in [6.07, 6.45) is -1.69. The quantitative estimate of drug-likeness (QED) is 0.596. The largest absolute Gasteiger partial charge is 0.416 e. The molecule has 2 aromatic rings. The first-order chi connectivity index (χ1) is 18.0. The van der Waals surface area contributed by atoms with Crippen LogP contribution in [0.3, 0.4) is 0 Å². The van der Waals surface area contributed by atoms with Crippen molar-refractivity contribution in [2.45, 2.75) is 56.4 Å². The van der Waals surface area contributed by atoms with E-state index in [4.69, 9.17) is 5.26 Å². The lowest BCUT2D eigenvalue weighted by molar-refractivity contribution is -0.165. The molecule has 2 saturated carbocycles. The fourth-order valence-electron chi connectivity index (χ4n) is 5.32. The number of hydrogen-bond donors (Lipinski definition) is 1. The van der Waals surface area contributed by atoms with Crippen LogP contribution in [0.2, 0.25) is 0 Å². The summed E-state index contributed by atoms with van der Waals surface area (Å²) in [6, 6.07) is 9.80. The Balaban J connectivity index is 1.43. The van der Waals surface area contributed by atoms with Gasteiger partial charge in [0.25, 0.3) is 5.91 Å². The summed E-state index contributed by atoms with van der Waals surface area (Å²) < 4.78 is 53.8. The molecule has 0 aromatic heterocycles. The number of carbonyl (C=O) groups is 3. The van der Waals surface area contributed by atoms with Gasteiger partial charge in [0.1, 0.15) is 17.9 Å². The molecule has 0 radical (unpaired) electrons. The second-order valence-electron chi connectivity index (χ2n) is 10.1. The number of piperazine rings is 1. The van der Waals surface area contributed by atoms with Crippen LogP contribution >= 0.6 is 0 Å². The second kappa shape index (κ2) is 9.42. The minimum Gasteiger partial charge on any atom is -0.353 e. The standard InChI is InChI=1S/C27H24F4N4O3/c28-21-10-17(13-32)6-9-22(21)34-15-23(36)35(14-16-4-7-19(8-5-16)27(29,30)31)26(25(34)38)11-18(12-26)24(37)33-20-2-1-3-20/h4-10,18,20H,1-3,11-12,14-15H2,(H,33,37)/t18-,26-. The smallest absolute Gasteiger partial charge is 0.353 e. The zero-order chi connectivity index (χ0) is 27.2. The topological polar surface area (TPSA) is 93.5 Å². The molecule has 7 nitrogen and oxygen atoms in total. The Morgan fingerprint density at radius 3 is 2.34 bits per heavy atom. The van der Waals surface area contributed by atoms with Crippen LogP contribution in [0.25, 0.3) is 0 Å². The molecule has 1 spiro atoms. The maximum atomic E-state index is 14.8. The normalized spacial score (nSPS) is 23.6. The third-order valence-corrected chi connectivity index (χ3v) is 7.73. The van der Waals surface area contributed by atoms with Gasteiger partial charge in [-0.15, -0.1) is 0 Å². The van der Waals surface area contributed by atoms with Crippen molar-refractivity contribution in [1.29, 1.82) is 5.26 Å². The highest BCUT2D eigenvalue weighted by molar-refractivity contribution is 6.10. The van der Waals surface area contributed by atoms with Crippen LogP contribution in [-0.4, -0.2) is 40.7 Å².